The number of amides is 1. The molecule has 48 heavy (non-hydrogen) atoms. The van der Waals surface area contributed by atoms with Crippen LogP contribution < -0.4 is 22.3 Å². The second kappa shape index (κ2) is 14.5. The summed E-state index contributed by atoms with van der Waals surface area (Å²) in [5, 5.41) is 3.07. The fraction of sp³-hybridized carbons (Fsp3) is 0.459. The van der Waals surface area contributed by atoms with Crippen LogP contribution in [0.1, 0.15) is 57.6 Å². The largest absolute Gasteiger partial charge is 0.352 e. The molecule has 0 spiro atoms. The number of fused-ring (bicyclic) bond motifs is 1. The van der Waals surface area contributed by atoms with Crippen molar-refractivity contribution in [1.29, 1.82) is 0 Å². The van der Waals surface area contributed by atoms with Crippen molar-refractivity contribution in [2.45, 2.75) is 70.6 Å². The van der Waals surface area contributed by atoms with Gasteiger partial charge in [0.05, 0.1) is 23.3 Å². The van der Waals surface area contributed by atoms with Crippen LogP contribution in [0.3, 0.4) is 0 Å². The summed E-state index contributed by atoms with van der Waals surface area (Å²) in [6.45, 7) is 9.04. The summed E-state index contributed by atoms with van der Waals surface area (Å²) in [5.41, 5.74) is 8.76. The molecule has 2 aliphatic rings. The molecule has 10 nitrogen and oxygen atoms in total. The lowest BCUT2D eigenvalue weighted by Crippen LogP contribution is -2.49. The fourth-order valence-electron chi connectivity index (χ4n) is 6.96. The number of hydrogen-bond donors (Lipinski definition) is 2. The molecule has 1 amide bonds. The maximum atomic E-state index is 14.5. The normalized spacial score (nSPS) is 20.1. The van der Waals surface area contributed by atoms with Crippen LogP contribution in [0.2, 0.25) is 0 Å². The zero-order valence-electron chi connectivity index (χ0n) is 28.1. The number of pyridine rings is 1. The van der Waals surface area contributed by atoms with Crippen LogP contribution in [0.15, 0.2) is 70.4 Å². The van der Waals surface area contributed by atoms with Gasteiger partial charge in [0.25, 0.3) is 5.56 Å². The number of nitrogens with two attached hydrogens (primary N) is 1. The standard InChI is InChI=1S/C37H46FN7O3/c1-24(2)33(39)35(46)41-29-12-14-30(15-13-29)45-36(47)32-21-28(38)22-40-34(32)44(37(45)48)31-7-4-6-27(20-31)26-10-8-25(9-11-26)23-43-17-5-16-42(3)18-19-43/h4,6-11,20-22,24,29-30,33H,5,12-19,23,39H2,1-3H3,(H,41,46)/t29?,30?,33-/m1/s1. The van der Waals surface area contributed by atoms with E-state index in [2.05, 4.69) is 51.4 Å². The van der Waals surface area contributed by atoms with Gasteiger partial charge in [-0.3, -0.25) is 19.1 Å². The topological polar surface area (TPSA) is 118 Å². The summed E-state index contributed by atoms with van der Waals surface area (Å²) in [6.07, 6.45) is 4.39. The summed E-state index contributed by atoms with van der Waals surface area (Å²) < 4.78 is 17.1. The Morgan fingerprint density at radius 2 is 1.73 bits per heavy atom. The number of hydrogen-bond acceptors (Lipinski definition) is 7. The van der Waals surface area contributed by atoms with E-state index in [1.165, 1.54) is 14.7 Å². The SMILES string of the molecule is CC(C)[C@@H](N)C(=O)NC1CCC(n2c(=O)c3cc(F)cnc3n(-c3cccc(-c4ccc(CN5CCCN(C)CC5)cc4)c3)c2=O)CC1. The average Bonchev–Trinajstić information content (AvgIpc) is 3.29. The predicted molar refractivity (Wildman–Crippen MR) is 187 cm³/mol. The van der Waals surface area contributed by atoms with Gasteiger partial charge in [-0.05, 0) is 93.0 Å². The van der Waals surface area contributed by atoms with Gasteiger partial charge in [0.2, 0.25) is 5.91 Å². The van der Waals surface area contributed by atoms with Gasteiger partial charge in [0.1, 0.15) is 5.82 Å². The van der Waals surface area contributed by atoms with Gasteiger partial charge in [-0.1, -0.05) is 50.2 Å². The van der Waals surface area contributed by atoms with Gasteiger partial charge in [-0.2, -0.15) is 0 Å². The smallest absolute Gasteiger partial charge is 0.337 e. The Kier molecular flexibility index (Phi) is 10.2. The third kappa shape index (κ3) is 7.28. The van der Waals surface area contributed by atoms with Gasteiger partial charge in [0, 0.05) is 31.7 Å². The molecule has 2 aromatic carbocycles. The summed E-state index contributed by atoms with van der Waals surface area (Å²) in [6, 6.07) is 16.1. The molecule has 1 saturated heterocycles. The second-order valence-corrected chi connectivity index (χ2v) is 13.8. The quantitative estimate of drug-likeness (QED) is 0.294. The zero-order chi connectivity index (χ0) is 33.9. The Labute approximate surface area is 280 Å². The van der Waals surface area contributed by atoms with E-state index in [0.29, 0.717) is 31.4 Å². The van der Waals surface area contributed by atoms with Crippen LogP contribution in [0, 0.1) is 11.7 Å². The molecule has 0 radical (unpaired) electrons. The maximum absolute atomic E-state index is 14.5. The number of nitrogens with one attached hydrogen (secondary N) is 1. The van der Waals surface area contributed by atoms with Crippen molar-refractivity contribution in [3.63, 3.8) is 0 Å². The summed E-state index contributed by atoms with van der Waals surface area (Å²) in [5.74, 6) is -0.829. The average molecular weight is 656 g/mol. The number of carbonyl (C=O) groups excluding carboxylic acids is 1. The molecular weight excluding hydrogens is 609 g/mol. The van der Waals surface area contributed by atoms with Gasteiger partial charge in [-0.25, -0.2) is 18.7 Å². The predicted octanol–water partition coefficient (Wildman–Crippen LogP) is 4.07. The van der Waals surface area contributed by atoms with Crippen molar-refractivity contribution in [3.8, 4) is 16.8 Å². The third-order valence-electron chi connectivity index (χ3n) is 9.93. The van der Waals surface area contributed by atoms with E-state index < -0.39 is 29.1 Å². The van der Waals surface area contributed by atoms with Crippen molar-refractivity contribution in [2.75, 3.05) is 33.2 Å². The molecule has 0 unspecified atom stereocenters. The molecule has 11 heteroatoms. The first-order chi connectivity index (χ1) is 23.1. The highest BCUT2D eigenvalue weighted by atomic mass is 19.1. The molecule has 6 rings (SSSR count). The molecule has 1 aliphatic carbocycles. The summed E-state index contributed by atoms with van der Waals surface area (Å²) in [7, 11) is 2.17. The minimum atomic E-state index is -0.648. The molecule has 2 aromatic heterocycles. The summed E-state index contributed by atoms with van der Waals surface area (Å²) in [4.78, 5) is 49.6. The Bertz CT molecular complexity index is 1880. The van der Waals surface area contributed by atoms with E-state index in [1.807, 2.05) is 32.0 Å². The van der Waals surface area contributed by atoms with Gasteiger partial charge < -0.3 is 16.0 Å². The lowest BCUT2D eigenvalue weighted by molar-refractivity contribution is -0.124. The van der Waals surface area contributed by atoms with Crippen LogP contribution in [0.4, 0.5) is 4.39 Å². The first-order valence-electron chi connectivity index (χ1n) is 17.1. The van der Waals surface area contributed by atoms with E-state index in [1.54, 1.807) is 6.07 Å². The number of aromatic nitrogens is 3. The highest BCUT2D eigenvalue weighted by Gasteiger charge is 2.29. The molecule has 3 N–H and O–H groups in total. The van der Waals surface area contributed by atoms with Crippen molar-refractivity contribution in [2.24, 2.45) is 11.7 Å². The van der Waals surface area contributed by atoms with Gasteiger partial charge in [0.15, 0.2) is 5.65 Å². The fourth-order valence-corrected chi connectivity index (χ4v) is 6.96. The molecule has 3 heterocycles. The van der Waals surface area contributed by atoms with Crippen molar-refractivity contribution in [3.05, 3.63) is 93.0 Å². The summed E-state index contributed by atoms with van der Waals surface area (Å²) >= 11 is 0. The van der Waals surface area contributed by atoms with Crippen LogP contribution in [0.5, 0.6) is 0 Å². The zero-order valence-corrected chi connectivity index (χ0v) is 28.1. The third-order valence-corrected chi connectivity index (χ3v) is 9.93. The first-order valence-corrected chi connectivity index (χ1v) is 17.1. The molecule has 4 aromatic rings. The van der Waals surface area contributed by atoms with Crippen LogP contribution in [-0.4, -0.2) is 75.1 Å². The minimum Gasteiger partial charge on any atom is -0.352 e. The molecule has 0 bridgehead atoms. The van der Waals surface area contributed by atoms with Gasteiger partial charge in [-0.15, -0.1) is 0 Å². The lowest BCUT2D eigenvalue weighted by Gasteiger charge is -2.31. The number of benzene rings is 2. The lowest BCUT2D eigenvalue weighted by atomic mass is 9.90. The number of carbonyl (C=O) groups is 1. The Morgan fingerprint density at radius 1 is 0.979 bits per heavy atom. The van der Waals surface area contributed by atoms with E-state index in [-0.39, 0.29) is 28.9 Å². The molecule has 1 atom stereocenters. The van der Waals surface area contributed by atoms with Gasteiger partial charge >= 0.3 is 5.69 Å². The van der Waals surface area contributed by atoms with Crippen molar-refractivity contribution in [1.82, 2.24) is 29.2 Å². The molecule has 2 fully saturated rings. The molecular formula is C37H46FN7O3. The minimum absolute atomic E-state index is 0.0136. The Balaban J connectivity index is 1.28. The number of rotatable bonds is 8. The van der Waals surface area contributed by atoms with E-state index in [0.717, 1.165) is 62.5 Å². The van der Waals surface area contributed by atoms with E-state index in [9.17, 15) is 18.8 Å². The van der Waals surface area contributed by atoms with Crippen molar-refractivity contribution < 1.29 is 9.18 Å². The molecule has 1 aliphatic heterocycles. The number of nitrogens with zero attached hydrogens (tertiary/aromatic N) is 5. The highest BCUT2D eigenvalue weighted by Crippen LogP contribution is 2.28. The van der Waals surface area contributed by atoms with Crippen LogP contribution >= 0.6 is 0 Å². The molecule has 1 saturated carbocycles. The van der Waals surface area contributed by atoms with E-state index >= 15 is 0 Å². The number of halogens is 1. The van der Waals surface area contributed by atoms with Crippen molar-refractivity contribution >= 4 is 16.9 Å². The monoisotopic (exact) mass is 655 g/mol. The van der Waals surface area contributed by atoms with Crippen LogP contribution in [-0.2, 0) is 11.3 Å². The number of likely N-dealkylation sites (N-methyl/N-ethyl adjacent to an activating group) is 1. The second-order valence-electron chi connectivity index (χ2n) is 13.8. The van der Waals surface area contributed by atoms with E-state index in [4.69, 9.17) is 5.73 Å². The first kappa shape index (κ1) is 33.7. The van der Waals surface area contributed by atoms with Crippen LogP contribution in [0.25, 0.3) is 27.8 Å². The maximum Gasteiger partial charge on any atom is 0.337 e. The molecule has 254 valence electrons. The highest BCUT2D eigenvalue weighted by molar-refractivity contribution is 5.82. The Hall–Kier alpha value is -4.19. The Morgan fingerprint density at radius 3 is 2.46 bits per heavy atom.